The van der Waals surface area contributed by atoms with E-state index in [-0.39, 0.29) is 6.42 Å². The van der Waals surface area contributed by atoms with E-state index < -0.39 is 17.3 Å². The zero-order valence-corrected chi connectivity index (χ0v) is 6.29. The second-order valence-corrected chi connectivity index (χ2v) is 2.55. The summed E-state index contributed by atoms with van der Waals surface area (Å²) in [5, 5.41) is 16.6. The molecule has 0 aliphatic carbocycles. The van der Waals surface area contributed by atoms with Gasteiger partial charge in [-0.2, -0.15) is 12.6 Å². The number of aliphatic hydroxyl groups excluding tert-OH is 1. The Kier molecular flexibility index (Phi) is 4.14. The summed E-state index contributed by atoms with van der Waals surface area (Å²) in [6.45, 7) is 3.30. The third kappa shape index (κ3) is 3.53. The van der Waals surface area contributed by atoms with Crippen LogP contribution < -0.4 is 0 Å². The molecule has 0 aromatic carbocycles. The normalized spacial score (nSPS) is 15.8. The van der Waals surface area contributed by atoms with Crippen LogP contribution in [0.15, 0.2) is 12.7 Å². The van der Waals surface area contributed by atoms with Crippen LogP contribution in [0.4, 0.5) is 0 Å². The molecule has 0 bridgehead atoms. The van der Waals surface area contributed by atoms with Gasteiger partial charge < -0.3 is 10.2 Å². The molecule has 10 heavy (non-hydrogen) atoms. The van der Waals surface area contributed by atoms with Gasteiger partial charge in [-0.15, -0.1) is 6.58 Å². The molecule has 0 saturated carbocycles. The Bertz CT molecular complexity index is 135. The minimum absolute atomic E-state index is 0.156. The molecule has 0 aliphatic heterocycles. The van der Waals surface area contributed by atoms with Crippen molar-refractivity contribution in [3.8, 4) is 0 Å². The molecular weight excluding hydrogens is 152 g/mol. The lowest BCUT2D eigenvalue weighted by Gasteiger charge is -2.10. The van der Waals surface area contributed by atoms with Crippen LogP contribution in [-0.2, 0) is 4.79 Å². The Morgan fingerprint density at radius 3 is 2.60 bits per heavy atom. The average Bonchev–Trinajstić information content (AvgIpc) is 1.85. The minimum atomic E-state index is -0.971. The predicted octanol–water partition coefficient (Wildman–Crippen LogP) is 0.306. The van der Waals surface area contributed by atoms with Gasteiger partial charge in [-0.3, -0.25) is 4.79 Å². The van der Waals surface area contributed by atoms with E-state index in [1.807, 2.05) is 0 Å². The third-order valence-corrected chi connectivity index (χ3v) is 1.51. The van der Waals surface area contributed by atoms with Crippen LogP contribution >= 0.6 is 12.6 Å². The van der Waals surface area contributed by atoms with Crippen LogP contribution in [0.3, 0.4) is 0 Å². The molecule has 0 saturated heterocycles. The Hall–Kier alpha value is -0.480. The monoisotopic (exact) mass is 162 g/mol. The lowest BCUT2D eigenvalue weighted by molar-refractivity contribution is -0.137. The van der Waals surface area contributed by atoms with Gasteiger partial charge in [0.25, 0.3) is 0 Å². The molecule has 0 spiro atoms. The first-order chi connectivity index (χ1) is 4.57. The topological polar surface area (TPSA) is 57.5 Å². The second kappa shape index (κ2) is 4.35. The van der Waals surface area contributed by atoms with Gasteiger partial charge in [-0.05, 0) is 0 Å². The fourth-order valence-electron chi connectivity index (χ4n) is 0.457. The Labute approximate surface area is 64.8 Å². The lowest BCUT2D eigenvalue weighted by atomic mass is 10.2. The van der Waals surface area contributed by atoms with Crippen LogP contribution in [0.2, 0.25) is 0 Å². The van der Waals surface area contributed by atoms with Crippen LogP contribution in [0.5, 0.6) is 0 Å². The zero-order valence-electron chi connectivity index (χ0n) is 5.40. The number of carbonyl (C=O) groups is 1. The van der Waals surface area contributed by atoms with Crippen molar-refractivity contribution in [1.82, 2.24) is 0 Å². The van der Waals surface area contributed by atoms with Crippen molar-refractivity contribution in [3.05, 3.63) is 12.7 Å². The molecule has 3 nitrogen and oxygen atoms in total. The number of rotatable bonds is 4. The summed E-state index contributed by atoms with van der Waals surface area (Å²) in [4.78, 5) is 10.0. The predicted molar refractivity (Wildman–Crippen MR) is 41.2 cm³/mol. The summed E-state index contributed by atoms with van der Waals surface area (Å²) < 4.78 is 0. The molecule has 4 heteroatoms. The van der Waals surface area contributed by atoms with E-state index in [9.17, 15) is 4.79 Å². The number of carboxylic acids is 1. The van der Waals surface area contributed by atoms with E-state index in [2.05, 4.69) is 19.2 Å². The Morgan fingerprint density at radius 2 is 2.30 bits per heavy atom. The maximum atomic E-state index is 10.0. The molecule has 0 heterocycles. The van der Waals surface area contributed by atoms with Gasteiger partial charge in [0.15, 0.2) is 0 Å². The Morgan fingerprint density at radius 1 is 1.80 bits per heavy atom. The van der Waals surface area contributed by atoms with Crippen molar-refractivity contribution in [1.29, 1.82) is 0 Å². The van der Waals surface area contributed by atoms with Crippen LogP contribution in [0.25, 0.3) is 0 Å². The van der Waals surface area contributed by atoms with Crippen LogP contribution in [-0.4, -0.2) is 27.5 Å². The van der Waals surface area contributed by atoms with Crippen molar-refractivity contribution in [2.45, 2.75) is 17.8 Å². The molecule has 2 atom stereocenters. The number of hydrogen-bond acceptors (Lipinski definition) is 3. The van der Waals surface area contributed by atoms with Gasteiger partial charge >= 0.3 is 5.97 Å². The first-order valence-corrected chi connectivity index (χ1v) is 3.30. The molecule has 2 N–H and O–H groups in total. The van der Waals surface area contributed by atoms with Crippen LogP contribution in [0, 0.1) is 0 Å². The number of hydrogen-bond donors (Lipinski definition) is 3. The highest BCUT2D eigenvalue weighted by molar-refractivity contribution is 7.81. The summed E-state index contributed by atoms with van der Waals surface area (Å²) in [6, 6.07) is 0. The number of aliphatic carboxylic acids is 1. The second-order valence-electron chi connectivity index (χ2n) is 1.89. The van der Waals surface area contributed by atoms with E-state index >= 15 is 0 Å². The van der Waals surface area contributed by atoms with E-state index in [1.54, 1.807) is 0 Å². The van der Waals surface area contributed by atoms with Gasteiger partial charge in [0.2, 0.25) is 0 Å². The molecule has 0 fully saturated rings. The zero-order chi connectivity index (χ0) is 8.15. The van der Waals surface area contributed by atoms with Crippen LogP contribution in [0.1, 0.15) is 6.42 Å². The first-order valence-electron chi connectivity index (χ1n) is 2.78. The molecule has 2 unspecified atom stereocenters. The standard InChI is InChI=1S/C6H10O3S/c1-2-4(7)5(10)3-6(8)9/h2,4-5,7,10H,1,3H2,(H,8,9). The number of aliphatic hydroxyl groups is 1. The van der Waals surface area contributed by atoms with Gasteiger partial charge in [0, 0.05) is 5.25 Å². The van der Waals surface area contributed by atoms with E-state index in [0.717, 1.165) is 0 Å². The van der Waals surface area contributed by atoms with Crippen molar-refractivity contribution < 1.29 is 15.0 Å². The van der Waals surface area contributed by atoms with Crippen molar-refractivity contribution in [2.75, 3.05) is 0 Å². The van der Waals surface area contributed by atoms with Gasteiger partial charge in [0.05, 0.1) is 12.5 Å². The summed E-state index contributed by atoms with van der Waals surface area (Å²) in [7, 11) is 0. The molecule has 58 valence electrons. The smallest absolute Gasteiger partial charge is 0.304 e. The lowest BCUT2D eigenvalue weighted by Crippen LogP contribution is -2.21. The highest BCUT2D eigenvalue weighted by Crippen LogP contribution is 2.07. The molecular formula is C6H10O3S. The molecule has 0 radical (unpaired) electrons. The van der Waals surface area contributed by atoms with Crippen molar-refractivity contribution in [2.24, 2.45) is 0 Å². The molecule has 0 amide bonds. The fourth-order valence-corrected chi connectivity index (χ4v) is 0.735. The summed E-state index contributed by atoms with van der Waals surface area (Å²) >= 11 is 3.84. The molecule has 0 aromatic heterocycles. The molecule has 0 aromatic rings. The largest absolute Gasteiger partial charge is 0.481 e. The van der Waals surface area contributed by atoms with E-state index in [1.165, 1.54) is 6.08 Å². The Balaban J connectivity index is 3.71. The fraction of sp³-hybridized carbons (Fsp3) is 0.500. The number of thiol groups is 1. The highest BCUT2D eigenvalue weighted by atomic mass is 32.1. The average molecular weight is 162 g/mol. The van der Waals surface area contributed by atoms with E-state index in [4.69, 9.17) is 10.2 Å². The quantitative estimate of drug-likeness (QED) is 0.412. The van der Waals surface area contributed by atoms with Crippen molar-refractivity contribution in [3.63, 3.8) is 0 Å². The third-order valence-electron chi connectivity index (χ3n) is 1.02. The SMILES string of the molecule is C=CC(O)C(S)CC(=O)O. The summed E-state index contributed by atoms with van der Waals surface area (Å²) in [5.41, 5.74) is 0. The maximum absolute atomic E-state index is 10.0. The first kappa shape index (κ1) is 9.52. The van der Waals surface area contributed by atoms with E-state index in [0.29, 0.717) is 0 Å². The molecule has 0 rings (SSSR count). The van der Waals surface area contributed by atoms with Gasteiger partial charge in [0.1, 0.15) is 0 Å². The summed E-state index contributed by atoms with van der Waals surface area (Å²) in [6.07, 6.45) is 0.260. The number of carboxylic acid groups (broad SMARTS) is 1. The van der Waals surface area contributed by atoms with Gasteiger partial charge in [-0.1, -0.05) is 6.08 Å². The van der Waals surface area contributed by atoms with Crippen molar-refractivity contribution >= 4 is 18.6 Å². The summed E-state index contributed by atoms with van der Waals surface area (Å²) in [5.74, 6) is -0.971. The van der Waals surface area contributed by atoms with Gasteiger partial charge in [-0.25, -0.2) is 0 Å². The highest BCUT2D eigenvalue weighted by Gasteiger charge is 2.14. The minimum Gasteiger partial charge on any atom is -0.481 e. The molecule has 0 aliphatic rings. The maximum Gasteiger partial charge on any atom is 0.304 e.